The Labute approximate surface area is 121 Å². The second-order valence-corrected chi connectivity index (χ2v) is 6.41. The summed E-state index contributed by atoms with van der Waals surface area (Å²) in [5.74, 6) is -0.0536. The number of benzene rings is 1. The molecule has 1 aromatic carbocycles. The Kier molecular flexibility index (Phi) is 6.16. The van der Waals surface area contributed by atoms with Gasteiger partial charge in [0.25, 0.3) is 5.91 Å². The number of nitrogens with one attached hydrogen (secondary N) is 1. The molecule has 0 aliphatic carbocycles. The first-order chi connectivity index (χ1) is 9.46. The largest absolute Gasteiger partial charge is 0.339 e. The molecule has 0 atom stereocenters. The topological polar surface area (TPSA) is 66.5 Å². The Morgan fingerprint density at radius 2 is 1.60 bits per heavy atom. The molecule has 6 heteroatoms. The fraction of sp³-hybridized carbons (Fsp3) is 0.500. The molecule has 0 heterocycles. The molecular formula is C14H22N2O3S. The van der Waals surface area contributed by atoms with Gasteiger partial charge in [0.1, 0.15) is 0 Å². The van der Waals surface area contributed by atoms with Crippen LogP contribution in [0.1, 0.15) is 37.0 Å². The van der Waals surface area contributed by atoms with E-state index >= 15 is 0 Å². The van der Waals surface area contributed by atoms with E-state index in [1.54, 1.807) is 17.0 Å². The highest BCUT2D eigenvalue weighted by Crippen LogP contribution is 2.12. The van der Waals surface area contributed by atoms with Crippen molar-refractivity contribution in [2.45, 2.75) is 31.6 Å². The zero-order valence-electron chi connectivity index (χ0n) is 12.2. The third kappa shape index (κ3) is 4.05. The van der Waals surface area contributed by atoms with E-state index in [1.165, 1.54) is 19.2 Å². The Morgan fingerprint density at radius 3 is 2.00 bits per heavy atom. The molecule has 1 rings (SSSR count). The normalized spacial score (nSPS) is 11.3. The molecule has 0 fully saturated rings. The van der Waals surface area contributed by atoms with Crippen molar-refractivity contribution in [3.8, 4) is 0 Å². The molecule has 0 aromatic heterocycles. The van der Waals surface area contributed by atoms with Gasteiger partial charge in [-0.1, -0.05) is 13.8 Å². The number of amides is 1. The highest BCUT2D eigenvalue weighted by Gasteiger charge is 2.16. The van der Waals surface area contributed by atoms with Gasteiger partial charge in [0.2, 0.25) is 10.0 Å². The molecule has 0 saturated carbocycles. The fourth-order valence-electron chi connectivity index (χ4n) is 1.93. The molecule has 1 N–H and O–H groups in total. The van der Waals surface area contributed by atoms with Crippen LogP contribution in [0.3, 0.4) is 0 Å². The van der Waals surface area contributed by atoms with Crippen molar-refractivity contribution in [1.82, 2.24) is 9.62 Å². The van der Waals surface area contributed by atoms with Crippen molar-refractivity contribution in [2.75, 3.05) is 20.1 Å². The number of hydrogen-bond donors (Lipinski definition) is 1. The summed E-state index contributed by atoms with van der Waals surface area (Å²) in [6.07, 6.45) is 1.80. The number of rotatable bonds is 7. The van der Waals surface area contributed by atoms with Gasteiger partial charge in [-0.3, -0.25) is 4.79 Å². The lowest BCUT2D eigenvalue weighted by Crippen LogP contribution is -2.32. The minimum Gasteiger partial charge on any atom is -0.339 e. The van der Waals surface area contributed by atoms with Crippen LogP contribution in [-0.2, 0) is 10.0 Å². The first-order valence-corrected chi connectivity index (χ1v) is 8.27. The summed E-state index contributed by atoms with van der Waals surface area (Å²) in [7, 11) is -2.10. The maximum Gasteiger partial charge on any atom is 0.253 e. The van der Waals surface area contributed by atoms with Crippen molar-refractivity contribution in [3.63, 3.8) is 0 Å². The van der Waals surface area contributed by atoms with Gasteiger partial charge in [0.15, 0.2) is 0 Å². The first kappa shape index (κ1) is 16.7. The molecule has 0 bridgehead atoms. The molecule has 112 valence electrons. The van der Waals surface area contributed by atoms with E-state index < -0.39 is 10.0 Å². The van der Waals surface area contributed by atoms with Gasteiger partial charge in [-0.25, -0.2) is 13.1 Å². The molecule has 0 aliphatic rings. The molecule has 1 aromatic rings. The van der Waals surface area contributed by atoms with Gasteiger partial charge in [-0.2, -0.15) is 0 Å². The third-order valence-corrected chi connectivity index (χ3v) is 4.38. The minimum absolute atomic E-state index is 0.0536. The second kappa shape index (κ2) is 7.40. The average Bonchev–Trinajstić information content (AvgIpc) is 2.46. The number of carbonyl (C=O) groups excluding carboxylic acids is 1. The van der Waals surface area contributed by atoms with Crippen molar-refractivity contribution in [3.05, 3.63) is 29.8 Å². The van der Waals surface area contributed by atoms with E-state index in [0.29, 0.717) is 18.7 Å². The van der Waals surface area contributed by atoms with Gasteiger partial charge in [0.05, 0.1) is 4.90 Å². The monoisotopic (exact) mass is 298 g/mol. The Hall–Kier alpha value is -1.40. The van der Waals surface area contributed by atoms with Crippen LogP contribution in [0.25, 0.3) is 0 Å². The van der Waals surface area contributed by atoms with E-state index in [0.717, 1.165) is 12.8 Å². The molecule has 20 heavy (non-hydrogen) atoms. The molecular weight excluding hydrogens is 276 g/mol. The van der Waals surface area contributed by atoms with Gasteiger partial charge in [-0.15, -0.1) is 0 Å². The second-order valence-electron chi connectivity index (χ2n) is 4.52. The summed E-state index contributed by atoms with van der Waals surface area (Å²) < 4.78 is 25.5. The van der Waals surface area contributed by atoms with Crippen LogP contribution < -0.4 is 4.72 Å². The van der Waals surface area contributed by atoms with E-state index in [9.17, 15) is 13.2 Å². The fourth-order valence-corrected chi connectivity index (χ4v) is 2.66. The highest BCUT2D eigenvalue weighted by molar-refractivity contribution is 7.89. The number of hydrogen-bond acceptors (Lipinski definition) is 3. The molecule has 0 spiro atoms. The molecule has 5 nitrogen and oxygen atoms in total. The summed E-state index contributed by atoms with van der Waals surface area (Å²) in [5, 5.41) is 0. The molecule has 1 amide bonds. The van der Waals surface area contributed by atoms with E-state index in [1.807, 2.05) is 13.8 Å². The predicted octanol–water partition coefficient (Wildman–Crippen LogP) is 1.86. The smallest absolute Gasteiger partial charge is 0.253 e. The summed E-state index contributed by atoms with van der Waals surface area (Å²) in [5.41, 5.74) is 0.516. The van der Waals surface area contributed by atoms with Crippen LogP contribution >= 0.6 is 0 Å². The number of sulfonamides is 1. The maximum absolute atomic E-state index is 12.3. The summed E-state index contributed by atoms with van der Waals surface area (Å²) in [6.45, 7) is 5.48. The van der Waals surface area contributed by atoms with Crippen LogP contribution in [-0.4, -0.2) is 39.4 Å². The Bertz CT molecular complexity index is 532. The average molecular weight is 298 g/mol. The zero-order chi connectivity index (χ0) is 15.2. The quantitative estimate of drug-likeness (QED) is 0.835. The molecule has 0 saturated heterocycles. The predicted molar refractivity (Wildman–Crippen MR) is 79.2 cm³/mol. The van der Waals surface area contributed by atoms with Crippen LogP contribution in [0.15, 0.2) is 29.2 Å². The number of nitrogens with zero attached hydrogens (tertiary/aromatic N) is 1. The standard InChI is InChI=1S/C14H22N2O3S/c1-4-10-16(11-5-2)14(17)12-6-8-13(9-7-12)20(18,19)15-3/h6-9,15H,4-5,10-11H2,1-3H3. The molecule has 0 aliphatic heterocycles. The van der Waals surface area contributed by atoms with Crippen LogP contribution in [0, 0.1) is 0 Å². The lowest BCUT2D eigenvalue weighted by atomic mass is 10.2. The summed E-state index contributed by atoms with van der Waals surface area (Å²) in [6, 6.07) is 6.03. The van der Waals surface area contributed by atoms with Crippen molar-refractivity contribution >= 4 is 15.9 Å². The van der Waals surface area contributed by atoms with Crippen LogP contribution in [0.5, 0.6) is 0 Å². The van der Waals surface area contributed by atoms with E-state index in [2.05, 4.69) is 4.72 Å². The lowest BCUT2D eigenvalue weighted by Gasteiger charge is -2.21. The van der Waals surface area contributed by atoms with Crippen molar-refractivity contribution in [2.24, 2.45) is 0 Å². The lowest BCUT2D eigenvalue weighted by molar-refractivity contribution is 0.0755. The molecule has 0 radical (unpaired) electrons. The maximum atomic E-state index is 12.3. The first-order valence-electron chi connectivity index (χ1n) is 6.79. The van der Waals surface area contributed by atoms with E-state index in [4.69, 9.17) is 0 Å². The van der Waals surface area contributed by atoms with Crippen molar-refractivity contribution < 1.29 is 13.2 Å². The van der Waals surface area contributed by atoms with Gasteiger partial charge >= 0.3 is 0 Å². The summed E-state index contributed by atoms with van der Waals surface area (Å²) in [4.78, 5) is 14.3. The van der Waals surface area contributed by atoms with Crippen LogP contribution in [0.4, 0.5) is 0 Å². The highest BCUT2D eigenvalue weighted by atomic mass is 32.2. The summed E-state index contributed by atoms with van der Waals surface area (Å²) >= 11 is 0. The van der Waals surface area contributed by atoms with Gasteiger partial charge in [0, 0.05) is 18.7 Å². The third-order valence-electron chi connectivity index (χ3n) is 2.95. The van der Waals surface area contributed by atoms with Gasteiger partial charge in [-0.05, 0) is 44.2 Å². The SMILES string of the molecule is CCCN(CCC)C(=O)c1ccc(S(=O)(=O)NC)cc1. The Balaban J connectivity index is 2.95. The molecule has 0 unspecified atom stereocenters. The van der Waals surface area contributed by atoms with E-state index in [-0.39, 0.29) is 10.8 Å². The van der Waals surface area contributed by atoms with Crippen LogP contribution in [0.2, 0.25) is 0 Å². The van der Waals surface area contributed by atoms with Gasteiger partial charge < -0.3 is 4.90 Å². The minimum atomic E-state index is -3.46. The van der Waals surface area contributed by atoms with Crippen molar-refractivity contribution in [1.29, 1.82) is 0 Å². The number of carbonyl (C=O) groups is 1. The zero-order valence-corrected chi connectivity index (χ0v) is 13.0. The Morgan fingerprint density at radius 1 is 1.10 bits per heavy atom.